The van der Waals surface area contributed by atoms with Gasteiger partial charge in [0.15, 0.2) is 0 Å². The monoisotopic (exact) mass is 313 g/mol. The number of hydrogen-bond acceptors (Lipinski definition) is 2. The SMILES string of the molecule is CC1OCCC1(CNC1CC1)Cc1cccc(Cl)c1Cl. The topological polar surface area (TPSA) is 21.3 Å². The molecule has 1 saturated heterocycles. The van der Waals surface area contributed by atoms with E-state index in [2.05, 4.69) is 18.3 Å². The van der Waals surface area contributed by atoms with Gasteiger partial charge in [0, 0.05) is 24.6 Å². The van der Waals surface area contributed by atoms with Gasteiger partial charge in [0.2, 0.25) is 0 Å². The van der Waals surface area contributed by atoms with Crippen molar-refractivity contribution in [2.75, 3.05) is 13.2 Å². The average Bonchev–Trinajstić information content (AvgIpc) is 3.19. The molecule has 0 spiro atoms. The third kappa shape index (κ3) is 2.99. The van der Waals surface area contributed by atoms with Crippen molar-refractivity contribution in [2.45, 2.75) is 44.8 Å². The first-order valence-electron chi connectivity index (χ1n) is 7.39. The third-order valence-corrected chi connectivity index (χ3v) is 5.58. The maximum absolute atomic E-state index is 6.36. The first-order chi connectivity index (χ1) is 9.61. The van der Waals surface area contributed by atoms with E-state index in [9.17, 15) is 0 Å². The smallest absolute Gasteiger partial charge is 0.0624 e. The van der Waals surface area contributed by atoms with Crippen LogP contribution in [0.1, 0.15) is 31.7 Å². The standard InChI is InChI=1S/C16H21Cl2NO/c1-11-16(7-8-20-11,10-19-13-5-6-13)9-12-3-2-4-14(17)15(12)18/h2-4,11,13,19H,5-10H2,1H3. The van der Waals surface area contributed by atoms with Gasteiger partial charge >= 0.3 is 0 Å². The highest BCUT2D eigenvalue weighted by Crippen LogP contribution is 2.40. The molecule has 2 aliphatic rings. The summed E-state index contributed by atoms with van der Waals surface area (Å²) < 4.78 is 5.85. The minimum absolute atomic E-state index is 0.136. The van der Waals surface area contributed by atoms with Crippen LogP contribution in [0.4, 0.5) is 0 Å². The van der Waals surface area contributed by atoms with Crippen LogP contribution in [0.25, 0.3) is 0 Å². The van der Waals surface area contributed by atoms with E-state index in [-0.39, 0.29) is 11.5 Å². The van der Waals surface area contributed by atoms with Crippen molar-refractivity contribution in [3.05, 3.63) is 33.8 Å². The molecule has 1 aliphatic carbocycles. The number of halogens is 2. The Balaban J connectivity index is 1.80. The van der Waals surface area contributed by atoms with Crippen LogP contribution in [0, 0.1) is 5.41 Å². The van der Waals surface area contributed by atoms with E-state index in [0.717, 1.165) is 37.6 Å². The minimum atomic E-state index is 0.136. The Hall–Kier alpha value is -0.280. The molecule has 1 aromatic carbocycles. The van der Waals surface area contributed by atoms with E-state index in [4.69, 9.17) is 27.9 Å². The highest BCUT2D eigenvalue weighted by molar-refractivity contribution is 6.42. The lowest BCUT2D eigenvalue weighted by atomic mass is 9.76. The Kier molecular flexibility index (Phi) is 4.28. The molecule has 0 bridgehead atoms. The quantitative estimate of drug-likeness (QED) is 0.884. The fourth-order valence-corrected chi connectivity index (χ4v) is 3.43. The Morgan fingerprint density at radius 2 is 2.15 bits per heavy atom. The summed E-state index contributed by atoms with van der Waals surface area (Å²) in [5, 5.41) is 5.00. The lowest BCUT2D eigenvalue weighted by molar-refractivity contribution is 0.0628. The van der Waals surface area contributed by atoms with Crippen molar-refractivity contribution in [3.63, 3.8) is 0 Å². The molecule has 0 radical (unpaired) electrons. The molecule has 4 heteroatoms. The van der Waals surface area contributed by atoms with Gasteiger partial charge in [-0.25, -0.2) is 0 Å². The molecule has 2 unspecified atom stereocenters. The zero-order valence-corrected chi connectivity index (χ0v) is 13.3. The molecule has 3 rings (SSSR count). The maximum Gasteiger partial charge on any atom is 0.0624 e. The summed E-state index contributed by atoms with van der Waals surface area (Å²) in [7, 11) is 0. The van der Waals surface area contributed by atoms with E-state index in [1.807, 2.05) is 12.1 Å². The van der Waals surface area contributed by atoms with E-state index in [1.165, 1.54) is 12.8 Å². The zero-order chi connectivity index (χ0) is 14.2. The van der Waals surface area contributed by atoms with E-state index >= 15 is 0 Å². The van der Waals surface area contributed by atoms with Crippen LogP contribution >= 0.6 is 23.2 Å². The van der Waals surface area contributed by atoms with Crippen LogP contribution in [0.15, 0.2) is 18.2 Å². The van der Waals surface area contributed by atoms with Crippen LogP contribution in [0.5, 0.6) is 0 Å². The molecule has 1 aromatic rings. The van der Waals surface area contributed by atoms with E-state index < -0.39 is 0 Å². The molecular weight excluding hydrogens is 293 g/mol. The van der Waals surface area contributed by atoms with E-state index in [0.29, 0.717) is 10.0 Å². The normalized spacial score (nSPS) is 29.9. The molecule has 2 atom stereocenters. The fraction of sp³-hybridized carbons (Fsp3) is 0.625. The Labute approximate surface area is 130 Å². The number of nitrogens with one attached hydrogen (secondary N) is 1. The van der Waals surface area contributed by atoms with Crippen LogP contribution in [0.2, 0.25) is 10.0 Å². The van der Waals surface area contributed by atoms with Crippen molar-refractivity contribution in [1.82, 2.24) is 5.32 Å². The van der Waals surface area contributed by atoms with E-state index in [1.54, 1.807) is 0 Å². The molecule has 20 heavy (non-hydrogen) atoms. The lowest BCUT2D eigenvalue weighted by Gasteiger charge is -2.33. The van der Waals surface area contributed by atoms with Crippen LogP contribution in [-0.2, 0) is 11.2 Å². The maximum atomic E-state index is 6.36. The summed E-state index contributed by atoms with van der Waals surface area (Å²) in [6.07, 6.45) is 4.88. The van der Waals surface area contributed by atoms with Gasteiger partial charge in [0.1, 0.15) is 0 Å². The zero-order valence-electron chi connectivity index (χ0n) is 11.8. The lowest BCUT2D eigenvalue weighted by Crippen LogP contribution is -2.42. The Morgan fingerprint density at radius 1 is 1.35 bits per heavy atom. The second-order valence-electron chi connectivity index (χ2n) is 6.17. The van der Waals surface area contributed by atoms with Gasteiger partial charge in [0.05, 0.1) is 16.1 Å². The van der Waals surface area contributed by atoms with Crippen molar-refractivity contribution >= 4 is 23.2 Å². The van der Waals surface area contributed by atoms with Crippen LogP contribution < -0.4 is 5.32 Å². The number of hydrogen-bond donors (Lipinski definition) is 1. The number of rotatable bonds is 5. The second-order valence-corrected chi connectivity index (χ2v) is 6.96. The predicted molar refractivity (Wildman–Crippen MR) is 83.7 cm³/mol. The van der Waals surface area contributed by atoms with Crippen molar-refractivity contribution in [3.8, 4) is 0 Å². The molecule has 2 fully saturated rings. The van der Waals surface area contributed by atoms with Gasteiger partial charge in [-0.3, -0.25) is 0 Å². The van der Waals surface area contributed by atoms with Gasteiger partial charge < -0.3 is 10.1 Å². The molecular formula is C16H21Cl2NO. The number of ether oxygens (including phenoxy) is 1. The summed E-state index contributed by atoms with van der Waals surface area (Å²) in [4.78, 5) is 0. The van der Waals surface area contributed by atoms with Gasteiger partial charge in [0.25, 0.3) is 0 Å². The fourth-order valence-electron chi connectivity index (χ4n) is 3.05. The molecule has 1 aliphatic heterocycles. The molecule has 1 heterocycles. The second kappa shape index (κ2) is 5.84. The van der Waals surface area contributed by atoms with Crippen LogP contribution in [0.3, 0.4) is 0 Å². The average molecular weight is 314 g/mol. The molecule has 1 N–H and O–H groups in total. The Morgan fingerprint density at radius 3 is 2.80 bits per heavy atom. The summed E-state index contributed by atoms with van der Waals surface area (Å²) in [5.41, 5.74) is 1.27. The van der Waals surface area contributed by atoms with Gasteiger partial charge in [-0.2, -0.15) is 0 Å². The predicted octanol–water partition coefficient (Wildman–Crippen LogP) is 4.08. The molecule has 110 valence electrons. The van der Waals surface area contributed by atoms with Crippen molar-refractivity contribution < 1.29 is 4.74 Å². The summed E-state index contributed by atoms with van der Waals surface area (Å²) in [6.45, 7) is 4.02. The van der Waals surface area contributed by atoms with Gasteiger partial charge in [-0.05, 0) is 44.2 Å². The largest absolute Gasteiger partial charge is 0.378 e. The van der Waals surface area contributed by atoms with Crippen molar-refractivity contribution in [1.29, 1.82) is 0 Å². The summed E-state index contributed by atoms with van der Waals surface area (Å²) in [5.74, 6) is 0. The molecule has 2 nitrogen and oxygen atoms in total. The summed E-state index contributed by atoms with van der Waals surface area (Å²) in [6, 6.07) is 6.62. The van der Waals surface area contributed by atoms with Gasteiger partial charge in [-0.1, -0.05) is 35.3 Å². The highest BCUT2D eigenvalue weighted by atomic mass is 35.5. The Bertz CT molecular complexity index is 489. The van der Waals surface area contributed by atoms with Gasteiger partial charge in [-0.15, -0.1) is 0 Å². The third-order valence-electron chi connectivity index (χ3n) is 4.72. The van der Waals surface area contributed by atoms with Crippen molar-refractivity contribution in [2.24, 2.45) is 5.41 Å². The minimum Gasteiger partial charge on any atom is -0.378 e. The first-order valence-corrected chi connectivity index (χ1v) is 8.14. The highest BCUT2D eigenvalue weighted by Gasteiger charge is 2.42. The number of benzene rings is 1. The van der Waals surface area contributed by atoms with Crippen LogP contribution in [-0.4, -0.2) is 25.3 Å². The molecule has 0 amide bonds. The first kappa shape index (κ1) is 14.6. The summed E-state index contributed by atoms with van der Waals surface area (Å²) >= 11 is 12.5. The molecule has 0 aromatic heterocycles. The molecule has 1 saturated carbocycles.